The fraction of sp³-hybridized carbons (Fsp3) is 0.733. The van der Waals surface area contributed by atoms with E-state index in [-0.39, 0.29) is 29.5 Å². The molecule has 21 heavy (non-hydrogen) atoms. The highest BCUT2D eigenvalue weighted by Crippen LogP contribution is 2.51. The number of nitrogens with zero attached hydrogens (tertiary/aromatic N) is 1. The van der Waals surface area contributed by atoms with E-state index >= 15 is 0 Å². The highest BCUT2D eigenvalue weighted by Gasteiger charge is 2.57. The third-order valence-electron chi connectivity index (χ3n) is 4.89. The Morgan fingerprint density at radius 1 is 1.43 bits per heavy atom. The van der Waals surface area contributed by atoms with Crippen LogP contribution in [0.4, 0.5) is 0 Å². The number of rotatable bonds is 4. The second kappa shape index (κ2) is 5.65. The Morgan fingerprint density at radius 3 is 2.67 bits per heavy atom. The van der Waals surface area contributed by atoms with Crippen molar-refractivity contribution in [2.24, 2.45) is 11.8 Å². The number of hydrogen-bond donors (Lipinski definition) is 2. The molecule has 2 N–H and O–H groups in total. The van der Waals surface area contributed by atoms with Gasteiger partial charge in [0.25, 0.3) is 0 Å². The Kier molecular flexibility index (Phi) is 4.01. The van der Waals surface area contributed by atoms with E-state index in [1.165, 1.54) is 0 Å². The van der Waals surface area contributed by atoms with Crippen LogP contribution < -0.4 is 5.32 Å². The van der Waals surface area contributed by atoms with E-state index in [2.05, 4.69) is 12.2 Å². The largest absolute Gasteiger partial charge is 0.477 e. The molecule has 6 heteroatoms. The van der Waals surface area contributed by atoms with Crippen molar-refractivity contribution in [3.05, 3.63) is 10.6 Å². The van der Waals surface area contributed by atoms with Crippen molar-refractivity contribution in [2.75, 3.05) is 13.1 Å². The second-order valence-corrected chi connectivity index (χ2v) is 7.43. The predicted octanol–water partition coefficient (Wildman–Crippen LogP) is 1.65. The van der Waals surface area contributed by atoms with Crippen LogP contribution >= 0.6 is 11.8 Å². The lowest BCUT2D eigenvalue weighted by atomic mass is 9.81. The van der Waals surface area contributed by atoms with E-state index in [4.69, 9.17) is 0 Å². The molecule has 2 fully saturated rings. The summed E-state index contributed by atoms with van der Waals surface area (Å²) in [7, 11) is 0. The second-order valence-electron chi connectivity index (χ2n) is 6.09. The lowest BCUT2D eigenvalue weighted by molar-refractivity contribution is -0.156. The maximum absolute atomic E-state index is 12.2. The highest BCUT2D eigenvalue weighted by molar-refractivity contribution is 8.03. The average Bonchev–Trinajstić information content (AvgIpc) is 2.71. The Morgan fingerprint density at radius 2 is 2.10 bits per heavy atom. The molecule has 3 heterocycles. The number of β-lactam (4-membered cyclic amide) rings is 1. The summed E-state index contributed by atoms with van der Waals surface area (Å²) in [6.07, 6.45) is 2.91. The van der Waals surface area contributed by atoms with Crippen LogP contribution in [0, 0.1) is 11.8 Å². The van der Waals surface area contributed by atoms with Gasteiger partial charge in [0.05, 0.1) is 12.0 Å². The number of carboxylic acid groups (broad SMARTS) is 1. The van der Waals surface area contributed by atoms with Crippen molar-refractivity contribution < 1.29 is 14.7 Å². The van der Waals surface area contributed by atoms with Crippen LogP contribution in [0.2, 0.25) is 0 Å². The van der Waals surface area contributed by atoms with E-state index in [9.17, 15) is 14.7 Å². The van der Waals surface area contributed by atoms with Gasteiger partial charge in [-0.15, -0.1) is 11.8 Å². The molecular formula is C15H22N2O3S. The van der Waals surface area contributed by atoms with Gasteiger partial charge in [-0.25, -0.2) is 4.79 Å². The Balaban J connectivity index is 1.85. The molecule has 3 rings (SSSR count). The summed E-state index contributed by atoms with van der Waals surface area (Å²) < 4.78 is 0. The zero-order valence-electron chi connectivity index (χ0n) is 12.5. The van der Waals surface area contributed by atoms with E-state index in [1.807, 2.05) is 6.92 Å². The maximum atomic E-state index is 12.2. The van der Waals surface area contributed by atoms with Crippen LogP contribution in [-0.4, -0.2) is 46.3 Å². The van der Waals surface area contributed by atoms with Crippen molar-refractivity contribution >= 4 is 23.6 Å². The molecule has 3 atom stereocenters. The van der Waals surface area contributed by atoms with Gasteiger partial charge >= 0.3 is 5.97 Å². The first-order chi connectivity index (χ1) is 10.1. The van der Waals surface area contributed by atoms with Crippen LogP contribution in [0.25, 0.3) is 0 Å². The smallest absolute Gasteiger partial charge is 0.353 e. The molecule has 0 radical (unpaired) electrons. The van der Waals surface area contributed by atoms with E-state index in [0.29, 0.717) is 5.25 Å². The fourth-order valence-corrected chi connectivity index (χ4v) is 5.25. The standard InChI is InChI=1S/C15H22N2O3S/c1-3-10-11-8(2)13(21-9-4-6-16-7-5-9)12(15(19)20)17(11)14(10)18/h8-11,16H,3-7H2,1-2H3,(H,19,20)/t8-,10-,11-/m1/s1. The predicted molar refractivity (Wildman–Crippen MR) is 81.7 cm³/mol. The van der Waals surface area contributed by atoms with Crippen molar-refractivity contribution in [1.29, 1.82) is 0 Å². The number of carbonyl (C=O) groups excluding carboxylic acids is 1. The first-order valence-electron chi connectivity index (χ1n) is 7.74. The molecule has 0 aromatic heterocycles. The van der Waals surface area contributed by atoms with Gasteiger partial charge in [0, 0.05) is 16.1 Å². The van der Waals surface area contributed by atoms with Crippen molar-refractivity contribution in [2.45, 2.75) is 44.4 Å². The molecular weight excluding hydrogens is 288 g/mol. The van der Waals surface area contributed by atoms with Gasteiger partial charge in [-0.2, -0.15) is 0 Å². The van der Waals surface area contributed by atoms with Crippen LogP contribution in [0.1, 0.15) is 33.1 Å². The quantitative estimate of drug-likeness (QED) is 0.773. The molecule has 116 valence electrons. The summed E-state index contributed by atoms with van der Waals surface area (Å²) in [4.78, 5) is 26.3. The van der Waals surface area contributed by atoms with Crippen molar-refractivity contribution in [3.8, 4) is 0 Å². The molecule has 0 spiro atoms. The summed E-state index contributed by atoms with van der Waals surface area (Å²) in [5, 5.41) is 13.3. The van der Waals surface area contributed by atoms with Crippen molar-refractivity contribution in [3.63, 3.8) is 0 Å². The van der Waals surface area contributed by atoms with Gasteiger partial charge in [0.15, 0.2) is 0 Å². The van der Waals surface area contributed by atoms with Gasteiger partial charge in [-0.05, 0) is 32.4 Å². The maximum Gasteiger partial charge on any atom is 0.353 e. The molecule has 2 saturated heterocycles. The molecule has 0 aliphatic carbocycles. The Hall–Kier alpha value is -1.01. The highest BCUT2D eigenvalue weighted by atomic mass is 32.2. The van der Waals surface area contributed by atoms with E-state index in [0.717, 1.165) is 37.3 Å². The minimum Gasteiger partial charge on any atom is -0.477 e. The normalized spacial score (nSPS) is 33.1. The topological polar surface area (TPSA) is 69.6 Å². The number of nitrogens with one attached hydrogen (secondary N) is 1. The van der Waals surface area contributed by atoms with E-state index in [1.54, 1.807) is 16.7 Å². The lowest BCUT2D eigenvalue weighted by Crippen LogP contribution is -2.60. The van der Waals surface area contributed by atoms with Crippen LogP contribution in [0.5, 0.6) is 0 Å². The van der Waals surface area contributed by atoms with Crippen LogP contribution in [0.3, 0.4) is 0 Å². The number of piperidine rings is 1. The average molecular weight is 310 g/mol. The zero-order chi connectivity index (χ0) is 15.1. The molecule has 3 aliphatic heterocycles. The molecule has 1 amide bonds. The zero-order valence-corrected chi connectivity index (χ0v) is 13.3. The summed E-state index contributed by atoms with van der Waals surface area (Å²) in [5.41, 5.74) is 0.255. The summed E-state index contributed by atoms with van der Waals surface area (Å²) in [6.45, 7) is 6.06. The monoisotopic (exact) mass is 310 g/mol. The van der Waals surface area contributed by atoms with Gasteiger partial charge in [-0.1, -0.05) is 13.8 Å². The molecule has 0 saturated carbocycles. The number of carbonyl (C=O) groups is 2. The van der Waals surface area contributed by atoms with Gasteiger partial charge in [-0.3, -0.25) is 4.79 Å². The minimum atomic E-state index is -0.955. The molecule has 0 unspecified atom stereocenters. The SMILES string of the molecule is CC[C@H]1C(=O)N2C(C(=O)O)=C(SC3CCNCC3)[C@H](C)[C@H]12. The molecule has 0 aromatic rings. The number of amides is 1. The fourth-order valence-electron chi connectivity index (χ4n) is 3.77. The molecule has 3 aliphatic rings. The first-order valence-corrected chi connectivity index (χ1v) is 8.62. The third kappa shape index (κ3) is 2.28. The number of carboxylic acids is 1. The molecule has 0 bridgehead atoms. The summed E-state index contributed by atoms with van der Waals surface area (Å²) in [6, 6.07) is 0.0674. The van der Waals surface area contributed by atoms with Crippen molar-refractivity contribution in [1.82, 2.24) is 10.2 Å². The summed E-state index contributed by atoms with van der Waals surface area (Å²) >= 11 is 1.70. The Labute approximate surface area is 129 Å². The van der Waals surface area contributed by atoms with E-state index < -0.39 is 5.97 Å². The van der Waals surface area contributed by atoms with Gasteiger partial charge in [0.2, 0.25) is 5.91 Å². The van der Waals surface area contributed by atoms with Crippen LogP contribution in [-0.2, 0) is 9.59 Å². The number of thioether (sulfide) groups is 1. The van der Waals surface area contributed by atoms with Crippen LogP contribution in [0.15, 0.2) is 10.6 Å². The first kappa shape index (κ1) is 14.9. The Bertz CT molecular complexity index is 499. The lowest BCUT2D eigenvalue weighted by Gasteiger charge is -2.44. The van der Waals surface area contributed by atoms with Gasteiger partial charge < -0.3 is 15.3 Å². The minimum absolute atomic E-state index is 0.000438. The molecule has 0 aromatic carbocycles. The summed E-state index contributed by atoms with van der Waals surface area (Å²) in [5.74, 6) is -0.810. The number of hydrogen-bond acceptors (Lipinski definition) is 4. The third-order valence-corrected chi connectivity index (χ3v) is 6.51. The molecule has 5 nitrogen and oxygen atoms in total. The van der Waals surface area contributed by atoms with Gasteiger partial charge in [0.1, 0.15) is 5.70 Å². The number of fused-ring (bicyclic) bond motifs is 1. The number of aliphatic carboxylic acids is 1.